The molecule has 9 nitrogen and oxygen atoms in total. The molecule has 0 unspecified atom stereocenters. The molecule has 4 aromatic rings. The number of halogens is 1. The molecule has 182 valence electrons. The molecule has 2 aromatic carbocycles. The Balaban J connectivity index is 1.53. The van der Waals surface area contributed by atoms with Crippen LogP contribution in [-0.2, 0) is 5.41 Å². The van der Waals surface area contributed by atoms with Crippen molar-refractivity contribution in [1.29, 1.82) is 0 Å². The highest BCUT2D eigenvalue weighted by molar-refractivity contribution is 6.28. The molecule has 10 heteroatoms. The number of fused-ring (bicyclic) bond motifs is 1. The van der Waals surface area contributed by atoms with Crippen LogP contribution in [0.5, 0.6) is 23.1 Å². The monoisotopic (exact) mass is 495 g/mol. The maximum Gasteiger partial charge on any atom is 0.231 e. The van der Waals surface area contributed by atoms with Gasteiger partial charge in [0.2, 0.25) is 11.2 Å². The van der Waals surface area contributed by atoms with Gasteiger partial charge in [-0.15, -0.1) is 0 Å². The third-order valence-corrected chi connectivity index (χ3v) is 5.18. The third kappa shape index (κ3) is 5.58. The predicted molar refractivity (Wildman–Crippen MR) is 136 cm³/mol. The van der Waals surface area contributed by atoms with E-state index < -0.39 is 0 Å². The van der Waals surface area contributed by atoms with E-state index in [9.17, 15) is 0 Å². The Hall–Kier alpha value is -3.98. The molecule has 2 heterocycles. The molecule has 0 bridgehead atoms. The van der Waals surface area contributed by atoms with E-state index in [1.807, 2.05) is 18.2 Å². The summed E-state index contributed by atoms with van der Waals surface area (Å²) in [6, 6.07) is 12.6. The van der Waals surface area contributed by atoms with Crippen molar-refractivity contribution in [1.82, 2.24) is 15.1 Å². The quantitative estimate of drug-likeness (QED) is 0.269. The number of aromatic nitrogens is 3. The zero-order valence-corrected chi connectivity index (χ0v) is 20.9. The lowest BCUT2D eigenvalue weighted by Crippen LogP contribution is -2.10. The van der Waals surface area contributed by atoms with Gasteiger partial charge in [0.05, 0.1) is 25.1 Å². The summed E-state index contributed by atoms with van der Waals surface area (Å²) in [5.41, 5.74) is 1.16. The number of methoxy groups -OCH3 is 2. The number of benzene rings is 2. The second-order valence-corrected chi connectivity index (χ2v) is 9.05. The van der Waals surface area contributed by atoms with Gasteiger partial charge in [0.1, 0.15) is 17.3 Å². The highest BCUT2D eigenvalue weighted by atomic mass is 35.5. The van der Waals surface area contributed by atoms with Crippen molar-refractivity contribution in [3.05, 3.63) is 65.9 Å². The van der Waals surface area contributed by atoms with Crippen molar-refractivity contribution < 1.29 is 18.7 Å². The molecule has 0 spiro atoms. The number of hydrogen-bond donors (Lipinski definition) is 2. The summed E-state index contributed by atoms with van der Waals surface area (Å²) in [5, 5.41) is 11.0. The molecule has 0 fully saturated rings. The molecule has 0 aliphatic carbocycles. The highest BCUT2D eigenvalue weighted by Gasteiger charge is 2.20. The van der Waals surface area contributed by atoms with Gasteiger partial charge in [-0.25, -0.2) is 4.98 Å². The summed E-state index contributed by atoms with van der Waals surface area (Å²) in [6.45, 7) is 10.2. The van der Waals surface area contributed by atoms with Crippen LogP contribution < -0.4 is 24.8 Å². The second kappa shape index (κ2) is 9.71. The Morgan fingerprint density at radius 2 is 1.74 bits per heavy atom. The Kier molecular flexibility index (Phi) is 6.70. The Morgan fingerprint density at radius 3 is 2.43 bits per heavy atom. The molecular formula is C25H26ClN5O4. The molecular weight excluding hydrogens is 470 g/mol. The van der Waals surface area contributed by atoms with Gasteiger partial charge < -0.3 is 29.4 Å². The van der Waals surface area contributed by atoms with Crippen LogP contribution in [-0.4, -0.2) is 29.3 Å². The first kappa shape index (κ1) is 24.2. The second-order valence-electron chi connectivity index (χ2n) is 8.71. The number of ether oxygens (including phenoxy) is 3. The van der Waals surface area contributed by atoms with Gasteiger partial charge in [-0.05, 0) is 29.8 Å². The van der Waals surface area contributed by atoms with Crippen LogP contribution in [0.15, 0.2) is 59.4 Å². The van der Waals surface area contributed by atoms with Gasteiger partial charge in [-0.2, -0.15) is 4.98 Å². The van der Waals surface area contributed by atoms with E-state index in [0.717, 1.165) is 11.4 Å². The van der Waals surface area contributed by atoms with Crippen molar-refractivity contribution >= 4 is 34.0 Å². The largest absolute Gasteiger partial charge is 0.493 e. The van der Waals surface area contributed by atoms with E-state index in [-0.39, 0.29) is 16.6 Å². The van der Waals surface area contributed by atoms with E-state index in [2.05, 4.69) is 53.1 Å². The lowest BCUT2D eigenvalue weighted by molar-refractivity contribution is 0.331. The van der Waals surface area contributed by atoms with Crippen LogP contribution >= 0.6 is 11.6 Å². The van der Waals surface area contributed by atoms with Gasteiger partial charge in [-0.3, -0.25) is 0 Å². The topological polar surface area (TPSA) is 104 Å². The Bertz CT molecular complexity index is 1380. The zero-order valence-electron chi connectivity index (χ0n) is 20.1. The first-order valence-electron chi connectivity index (χ1n) is 10.7. The smallest absolute Gasteiger partial charge is 0.231 e. The number of nitrogens with one attached hydrogen (secondary N) is 2. The summed E-state index contributed by atoms with van der Waals surface area (Å²) in [6.07, 6.45) is 0. The molecule has 2 N–H and O–H groups in total. The summed E-state index contributed by atoms with van der Waals surface area (Å²) in [4.78, 5) is 8.53. The lowest BCUT2D eigenvalue weighted by atomic mass is 9.93. The van der Waals surface area contributed by atoms with Crippen molar-refractivity contribution in [3.63, 3.8) is 0 Å². The van der Waals surface area contributed by atoms with E-state index in [4.69, 9.17) is 30.3 Å². The van der Waals surface area contributed by atoms with Crippen LogP contribution in [0, 0.1) is 0 Å². The molecule has 0 aliphatic rings. The molecule has 0 atom stereocenters. The fraction of sp³-hybridized carbons (Fsp3) is 0.240. The minimum Gasteiger partial charge on any atom is -0.493 e. The van der Waals surface area contributed by atoms with E-state index in [0.29, 0.717) is 39.8 Å². The van der Waals surface area contributed by atoms with Crippen LogP contribution in [0.25, 0.3) is 10.9 Å². The Labute approximate surface area is 208 Å². The molecule has 2 aromatic heterocycles. The van der Waals surface area contributed by atoms with Crippen molar-refractivity contribution in [3.8, 4) is 23.1 Å². The summed E-state index contributed by atoms with van der Waals surface area (Å²) in [7, 11) is 3.11. The first-order chi connectivity index (χ1) is 16.7. The molecule has 0 aliphatic heterocycles. The van der Waals surface area contributed by atoms with Gasteiger partial charge in [-0.1, -0.05) is 38.6 Å². The average Bonchev–Trinajstić information content (AvgIpc) is 3.27. The van der Waals surface area contributed by atoms with Gasteiger partial charge >= 0.3 is 0 Å². The minimum absolute atomic E-state index is 0.0498. The zero-order chi connectivity index (χ0) is 25.2. The van der Waals surface area contributed by atoms with Gasteiger partial charge in [0, 0.05) is 29.3 Å². The molecule has 35 heavy (non-hydrogen) atoms. The van der Waals surface area contributed by atoms with Crippen molar-refractivity contribution in [2.24, 2.45) is 0 Å². The first-order valence-corrected chi connectivity index (χ1v) is 11.1. The van der Waals surface area contributed by atoms with Gasteiger partial charge in [0.25, 0.3) is 0 Å². The number of nitrogens with zero attached hydrogens (tertiary/aromatic N) is 3. The third-order valence-electron chi connectivity index (χ3n) is 5.01. The normalized spacial score (nSPS) is 11.3. The van der Waals surface area contributed by atoms with E-state index >= 15 is 0 Å². The minimum atomic E-state index is -0.142. The lowest BCUT2D eigenvalue weighted by Gasteiger charge is -2.14. The maximum atomic E-state index is 6.15. The van der Waals surface area contributed by atoms with Crippen LogP contribution in [0.3, 0.4) is 0 Å². The highest BCUT2D eigenvalue weighted by Crippen LogP contribution is 2.37. The van der Waals surface area contributed by atoms with Crippen molar-refractivity contribution in [2.45, 2.75) is 26.2 Å². The molecule has 0 saturated carbocycles. The molecule has 0 amide bonds. The fourth-order valence-electron chi connectivity index (χ4n) is 3.27. The molecule has 4 rings (SSSR count). The standard InChI is InChI=1S/C25H26ClN5O4/c1-14(28-22-13-21(35-31-22)25(2,3)4)27-15-8-7-9-16(10-15)34-23-17-11-19(32-5)20(33-6)12-18(17)29-24(26)30-23/h7-13,27H,1H2,2-6H3,(H,28,31). The summed E-state index contributed by atoms with van der Waals surface area (Å²) >= 11 is 6.15. The summed E-state index contributed by atoms with van der Waals surface area (Å²) in [5.74, 6) is 3.72. The Morgan fingerprint density at radius 1 is 1.00 bits per heavy atom. The van der Waals surface area contributed by atoms with E-state index in [1.165, 1.54) is 0 Å². The van der Waals surface area contributed by atoms with E-state index in [1.54, 1.807) is 38.5 Å². The molecule has 0 radical (unpaired) electrons. The van der Waals surface area contributed by atoms with Crippen LogP contribution in [0.1, 0.15) is 26.5 Å². The van der Waals surface area contributed by atoms with Gasteiger partial charge in [0.15, 0.2) is 17.3 Å². The average molecular weight is 496 g/mol. The number of hydrogen-bond acceptors (Lipinski definition) is 9. The summed E-state index contributed by atoms with van der Waals surface area (Å²) < 4.78 is 22.2. The number of rotatable bonds is 8. The van der Waals surface area contributed by atoms with Crippen LogP contribution in [0.4, 0.5) is 11.5 Å². The maximum absolute atomic E-state index is 6.15. The fourth-order valence-corrected chi connectivity index (χ4v) is 3.44. The van der Waals surface area contributed by atoms with Crippen LogP contribution in [0.2, 0.25) is 5.28 Å². The molecule has 0 saturated heterocycles. The SMILES string of the molecule is C=C(Nc1cccc(Oc2nc(Cl)nc3cc(OC)c(OC)cc23)c1)Nc1cc(C(C)(C)C)on1. The number of anilines is 2. The predicted octanol–water partition coefficient (Wildman–Crippen LogP) is 6.37. The van der Waals surface area contributed by atoms with Crippen molar-refractivity contribution in [2.75, 3.05) is 24.9 Å².